The lowest BCUT2D eigenvalue weighted by Crippen LogP contribution is -2.61. The molecule has 0 amide bonds. The molecule has 4 heteroatoms. The summed E-state index contributed by atoms with van der Waals surface area (Å²) in [6.07, 6.45) is 12.7. The standard InChI is InChI=1S/C32H41N2O2/c35-32(28-12-6-2-7-13-28,29-14-8-3-9-15-29)31-33-22-30(36-31)24-34-20-18-26(19-21-34)27(23-34)17-16-25-10-4-1-5-11-25/h1-2,4-7,10-13,22,26-27,29,35H,3,8-9,14-21,23-24H2/q+1/t26?,27?,32-,34?/m0/s1. The van der Waals surface area contributed by atoms with Crippen molar-refractivity contribution < 1.29 is 14.0 Å². The lowest BCUT2D eigenvalue weighted by molar-refractivity contribution is -0.960. The molecule has 36 heavy (non-hydrogen) atoms. The van der Waals surface area contributed by atoms with E-state index in [0.717, 1.165) is 47.0 Å². The second kappa shape index (κ2) is 10.1. The van der Waals surface area contributed by atoms with Gasteiger partial charge < -0.3 is 14.0 Å². The highest BCUT2D eigenvalue weighted by atomic mass is 16.4. The quantitative estimate of drug-likeness (QED) is 0.372. The van der Waals surface area contributed by atoms with Crippen LogP contribution in [0, 0.1) is 17.8 Å². The summed E-state index contributed by atoms with van der Waals surface area (Å²) < 4.78 is 7.61. The van der Waals surface area contributed by atoms with E-state index in [1.807, 2.05) is 36.5 Å². The minimum atomic E-state index is -1.15. The van der Waals surface area contributed by atoms with Gasteiger partial charge in [-0.1, -0.05) is 79.9 Å². The van der Waals surface area contributed by atoms with Crippen molar-refractivity contribution in [1.29, 1.82) is 0 Å². The van der Waals surface area contributed by atoms with Crippen molar-refractivity contribution in [2.45, 2.75) is 69.9 Å². The van der Waals surface area contributed by atoms with E-state index in [9.17, 15) is 5.11 Å². The van der Waals surface area contributed by atoms with Crippen LogP contribution in [0.25, 0.3) is 0 Å². The van der Waals surface area contributed by atoms with E-state index in [1.54, 1.807) is 0 Å². The van der Waals surface area contributed by atoms with Crippen LogP contribution in [0.15, 0.2) is 71.3 Å². The summed E-state index contributed by atoms with van der Waals surface area (Å²) in [5.74, 6) is 3.27. The molecule has 7 rings (SSSR count). The van der Waals surface area contributed by atoms with Gasteiger partial charge in [0.25, 0.3) is 0 Å². The molecule has 3 aromatic rings. The Kier molecular flexibility index (Phi) is 6.74. The average molecular weight is 486 g/mol. The number of aryl methyl sites for hydroxylation is 1. The molecule has 4 fully saturated rings. The summed E-state index contributed by atoms with van der Waals surface area (Å²) in [6, 6.07) is 21.1. The fraction of sp³-hybridized carbons (Fsp3) is 0.531. The van der Waals surface area contributed by atoms with E-state index in [-0.39, 0.29) is 5.92 Å². The van der Waals surface area contributed by atoms with Gasteiger partial charge in [0.2, 0.25) is 5.89 Å². The molecule has 1 unspecified atom stereocenters. The molecule has 1 aliphatic carbocycles. The van der Waals surface area contributed by atoms with Crippen molar-refractivity contribution in [1.82, 2.24) is 4.98 Å². The molecule has 1 aromatic heterocycles. The molecule has 3 saturated heterocycles. The largest absolute Gasteiger partial charge is 0.436 e. The van der Waals surface area contributed by atoms with Crippen molar-refractivity contribution in [3.8, 4) is 0 Å². The molecule has 0 radical (unpaired) electrons. The molecule has 4 heterocycles. The van der Waals surface area contributed by atoms with Gasteiger partial charge in [-0.2, -0.15) is 0 Å². The number of aliphatic hydroxyl groups is 1. The number of hydrogen-bond donors (Lipinski definition) is 1. The number of rotatable bonds is 8. The number of oxazole rings is 1. The minimum Gasteiger partial charge on any atom is -0.436 e. The molecule has 2 bridgehead atoms. The topological polar surface area (TPSA) is 46.3 Å². The molecule has 2 aromatic carbocycles. The van der Waals surface area contributed by atoms with E-state index in [2.05, 4.69) is 30.3 Å². The maximum Gasteiger partial charge on any atom is 0.231 e. The Morgan fingerprint density at radius 1 is 0.889 bits per heavy atom. The van der Waals surface area contributed by atoms with Gasteiger partial charge in [-0.3, -0.25) is 0 Å². The molecule has 1 saturated carbocycles. The van der Waals surface area contributed by atoms with Gasteiger partial charge >= 0.3 is 0 Å². The monoisotopic (exact) mass is 485 g/mol. The molecule has 4 aliphatic rings. The zero-order chi connectivity index (χ0) is 24.4. The van der Waals surface area contributed by atoms with Crippen LogP contribution in [0.4, 0.5) is 0 Å². The number of nitrogens with zero attached hydrogens (tertiary/aromatic N) is 2. The van der Waals surface area contributed by atoms with Crippen molar-refractivity contribution in [3.05, 3.63) is 89.6 Å². The lowest BCUT2D eigenvalue weighted by Gasteiger charge is -2.52. The maximum atomic E-state index is 12.2. The SMILES string of the molecule is O[C@](c1ccccc1)(c1ncc(C[N+]23CCC(CC2)C(CCc2ccccc2)C3)o1)C1CCCCC1. The Morgan fingerprint density at radius 2 is 1.58 bits per heavy atom. The highest BCUT2D eigenvalue weighted by Crippen LogP contribution is 2.45. The van der Waals surface area contributed by atoms with Crippen molar-refractivity contribution in [2.75, 3.05) is 19.6 Å². The molecule has 190 valence electrons. The van der Waals surface area contributed by atoms with Crippen LogP contribution in [0.2, 0.25) is 0 Å². The maximum absolute atomic E-state index is 12.2. The summed E-state index contributed by atoms with van der Waals surface area (Å²) in [5.41, 5.74) is 1.23. The number of piperidine rings is 3. The van der Waals surface area contributed by atoms with Crippen LogP contribution in [-0.2, 0) is 18.6 Å². The van der Waals surface area contributed by atoms with Crippen molar-refractivity contribution in [2.24, 2.45) is 17.8 Å². The first-order valence-electron chi connectivity index (χ1n) is 14.3. The summed E-state index contributed by atoms with van der Waals surface area (Å²) in [7, 11) is 0. The Hall–Kier alpha value is -2.43. The predicted octanol–water partition coefficient (Wildman–Crippen LogP) is 6.48. The van der Waals surface area contributed by atoms with E-state index >= 15 is 0 Å². The Morgan fingerprint density at radius 3 is 2.31 bits per heavy atom. The van der Waals surface area contributed by atoms with Crippen molar-refractivity contribution in [3.63, 3.8) is 0 Å². The van der Waals surface area contributed by atoms with Crippen LogP contribution >= 0.6 is 0 Å². The third-order valence-corrected chi connectivity index (χ3v) is 9.66. The van der Waals surface area contributed by atoms with Crippen LogP contribution in [-0.4, -0.2) is 34.2 Å². The average Bonchev–Trinajstić information content (AvgIpc) is 3.42. The molecule has 0 spiro atoms. The van der Waals surface area contributed by atoms with Gasteiger partial charge in [0.15, 0.2) is 11.4 Å². The number of quaternary nitrogens is 1. The van der Waals surface area contributed by atoms with Gasteiger partial charge in [-0.15, -0.1) is 0 Å². The summed E-state index contributed by atoms with van der Waals surface area (Å²) in [4.78, 5) is 4.75. The molecular weight excluding hydrogens is 444 g/mol. The van der Waals surface area contributed by atoms with E-state index in [4.69, 9.17) is 9.40 Å². The Balaban J connectivity index is 1.20. The van der Waals surface area contributed by atoms with Gasteiger partial charge in [-0.05, 0) is 42.7 Å². The minimum absolute atomic E-state index is 0.153. The summed E-state index contributed by atoms with van der Waals surface area (Å²) >= 11 is 0. The fourth-order valence-electron chi connectivity index (χ4n) is 7.62. The zero-order valence-corrected chi connectivity index (χ0v) is 21.5. The van der Waals surface area contributed by atoms with Gasteiger partial charge in [0.05, 0.1) is 25.8 Å². The predicted molar refractivity (Wildman–Crippen MR) is 142 cm³/mol. The molecule has 4 nitrogen and oxygen atoms in total. The van der Waals surface area contributed by atoms with Gasteiger partial charge in [0.1, 0.15) is 6.54 Å². The van der Waals surface area contributed by atoms with E-state index < -0.39 is 5.60 Å². The normalized spacial score (nSPS) is 28.1. The summed E-state index contributed by atoms with van der Waals surface area (Å²) in [5, 5.41) is 12.2. The zero-order valence-electron chi connectivity index (χ0n) is 21.5. The number of fused-ring (bicyclic) bond motifs is 3. The lowest BCUT2D eigenvalue weighted by atomic mass is 9.73. The number of benzene rings is 2. The molecule has 3 aliphatic heterocycles. The van der Waals surface area contributed by atoms with E-state index in [1.165, 1.54) is 70.1 Å². The van der Waals surface area contributed by atoms with Crippen LogP contribution in [0.3, 0.4) is 0 Å². The Labute approximate surface area is 216 Å². The fourth-order valence-corrected chi connectivity index (χ4v) is 7.62. The first kappa shape index (κ1) is 23.9. The van der Waals surface area contributed by atoms with Gasteiger partial charge in [0, 0.05) is 24.7 Å². The third kappa shape index (κ3) is 4.66. The first-order valence-corrected chi connectivity index (χ1v) is 14.3. The highest BCUT2D eigenvalue weighted by Gasteiger charge is 2.47. The number of hydrogen-bond acceptors (Lipinski definition) is 3. The van der Waals surface area contributed by atoms with Crippen LogP contribution in [0.5, 0.6) is 0 Å². The highest BCUT2D eigenvalue weighted by molar-refractivity contribution is 5.30. The second-order valence-corrected chi connectivity index (χ2v) is 11.9. The smallest absolute Gasteiger partial charge is 0.231 e. The van der Waals surface area contributed by atoms with Crippen LogP contribution in [0.1, 0.15) is 74.1 Å². The van der Waals surface area contributed by atoms with Gasteiger partial charge in [-0.25, -0.2) is 4.98 Å². The van der Waals surface area contributed by atoms with Crippen molar-refractivity contribution >= 4 is 0 Å². The summed E-state index contributed by atoms with van der Waals surface area (Å²) in [6.45, 7) is 4.64. The molecular formula is C32H41N2O2+. The molecule has 1 N–H and O–H groups in total. The number of aromatic nitrogens is 1. The third-order valence-electron chi connectivity index (χ3n) is 9.66. The second-order valence-electron chi connectivity index (χ2n) is 11.9. The van der Waals surface area contributed by atoms with E-state index in [0.29, 0.717) is 5.89 Å². The van der Waals surface area contributed by atoms with Crippen LogP contribution < -0.4 is 0 Å². The molecule has 2 atom stereocenters. The first-order chi connectivity index (χ1) is 17.6. The Bertz CT molecular complexity index is 1110.